The standard InChI is InChI=1S/C23H19Cl2N3O2/c1-3-30-21-9-6-15(11-18(21)25)23(29)26-16-7-4-14(5-8-16)22-27-19-10-13(2)17(24)12-20(19)28-22/h4-12H,3H2,1-2H3,(H,26,29)(H,27,28). The van der Waals surface area contributed by atoms with Crippen LogP contribution in [0.2, 0.25) is 10.0 Å². The maximum absolute atomic E-state index is 12.5. The number of nitrogens with zero attached hydrogens (tertiary/aromatic N) is 1. The van der Waals surface area contributed by atoms with E-state index in [0.29, 0.717) is 33.7 Å². The number of aromatic nitrogens is 2. The molecule has 0 fully saturated rings. The first-order valence-electron chi connectivity index (χ1n) is 9.44. The number of nitrogens with one attached hydrogen (secondary N) is 2. The molecule has 30 heavy (non-hydrogen) atoms. The second-order valence-electron chi connectivity index (χ2n) is 6.81. The van der Waals surface area contributed by atoms with Gasteiger partial charge in [0.05, 0.1) is 22.7 Å². The number of H-pyrrole nitrogens is 1. The Labute approximate surface area is 184 Å². The van der Waals surface area contributed by atoms with E-state index in [9.17, 15) is 4.79 Å². The molecule has 4 rings (SSSR count). The minimum absolute atomic E-state index is 0.249. The van der Waals surface area contributed by atoms with Gasteiger partial charge in [0, 0.05) is 21.8 Å². The van der Waals surface area contributed by atoms with Crippen molar-refractivity contribution < 1.29 is 9.53 Å². The summed E-state index contributed by atoms with van der Waals surface area (Å²) < 4.78 is 5.40. The number of halogens is 2. The average Bonchev–Trinajstić information content (AvgIpc) is 3.13. The van der Waals surface area contributed by atoms with E-state index in [1.165, 1.54) is 0 Å². The lowest BCUT2D eigenvalue weighted by Crippen LogP contribution is -2.11. The molecule has 0 spiro atoms. The number of aryl methyl sites for hydroxylation is 1. The summed E-state index contributed by atoms with van der Waals surface area (Å²) in [5.41, 5.74) is 4.76. The number of benzene rings is 3. The van der Waals surface area contributed by atoms with Crippen LogP contribution in [0.3, 0.4) is 0 Å². The SMILES string of the molecule is CCOc1ccc(C(=O)Nc2ccc(-c3nc4cc(Cl)c(C)cc4[nH]3)cc2)cc1Cl. The topological polar surface area (TPSA) is 67.0 Å². The molecule has 152 valence electrons. The zero-order valence-corrected chi connectivity index (χ0v) is 17.9. The van der Waals surface area contributed by atoms with Crippen LogP contribution < -0.4 is 10.1 Å². The van der Waals surface area contributed by atoms with Crippen LogP contribution in [-0.2, 0) is 0 Å². The number of anilines is 1. The lowest BCUT2D eigenvalue weighted by Gasteiger charge is -2.09. The molecule has 1 amide bonds. The van der Waals surface area contributed by atoms with Gasteiger partial charge in [0.2, 0.25) is 0 Å². The van der Waals surface area contributed by atoms with Gasteiger partial charge in [-0.2, -0.15) is 0 Å². The van der Waals surface area contributed by atoms with Gasteiger partial charge in [0.1, 0.15) is 11.6 Å². The van der Waals surface area contributed by atoms with E-state index < -0.39 is 0 Å². The van der Waals surface area contributed by atoms with Gasteiger partial charge in [-0.15, -0.1) is 0 Å². The minimum atomic E-state index is -0.249. The fraction of sp³-hybridized carbons (Fsp3) is 0.130. The first-order chi connectivity index (χ1) is 14.4. The number of ether oxygens (including phenoxy) is 1. The Morgan fingerprint density at radius 2 is 1.83 bits per heavy atom. The first-order valence-corrected chi connectivity index (χ1v) is 10.2. The number of fused-ring (bicyclic) bond motifs is 1. The van der Waals surface area contributed by atoms with Crippen LogP contribution in [0, 0.1) is 6.92 Å². The molecule has 0 radical (unpaired) electrons. The van der Waals surface area contributed by atoms with Gasteiger partial charge in [-0.25, -0.2) is 4.98 Å². The molecule has 0 saturated heterocycles. The number of carbonyl (C=O) groups is 1. The number of hydrogen-bond donors (Lipinski definition) is 2. The Bertz CT molecular complexity index is 1190. The summed E-state index contributed by atoms with van der Waals surface area (Å²) in [6.07, 6.45) is 0. The molecule has 0 bridgehead atoms. The van der Waals surface area contributed by atoms with Gasteiger partial charge in [-0.05, 0) is 74.0 Å². The van der Waals surface area contributed by atoms with Crippen LogP contribution in [0.1, 0.15) is 22.8 Å². The Balaban J connectivity index is 1.51. The van der Waals surface area contributed by atoms with E-state index in [1.54, 1.807) is 18.2 Å². The zero-order chi connectivity index (χ0) is 21.3. The summed E-state index contributed by atoms with van der Waals surface area (Å²) in [5.74, 6) is 1.05. The predicted octanol–water partition coefficient (Wildman–Crippen LogP) is 6.50. The highest BCUT2D eigenvalue weighted by molar-refractivity contribution is 6.32. The van der Waals surface area contributed by atoms with Crippen LogP contribution in [0.5, 0.6) is 5.75 Å². The van der Waals surface area contributed by atoms with Crippen molar-refractivity contribution in [1.82, 2.24) is 9.97 Å². The molecule has 0 aliphatic heterocycles. The zero-order valence-electron chi connectivity index (χ0n) is 16.4. The molecule has 0 aliphatic rings. The first kappa shape index (κ1) is 20.3. The van der Waals surface area contributed by atoms with Crippen LogP contribution in [-0.4, -0.2) is 22.5 Å². The molecule has 5 nitrogen and oxygen atoms in total. The summed E-state index contributed by atoms with van der Waals surface area (Å²) in [7, 11) is 0. The Morgan fingerprint density at radius 3 is 2.53 bits per heavy atom. The third-order valence-corrected chi connectivity index (χ3v) is 5.37. The van der Waals surface area contributed by atoms with E-state index >= 15 is 0 Å². The van der Waals surface area contributed by atoms with Crippen molar-refractivity contribution >= 4 is 45.8 Å². The van der Waals surface area contributed by atoms with Crippen molar-refractivity contribution in [2.24, 2.45) is 0 Å². The van der Waals surface area contributed by atoms with Gasteiger partial charge in [0.25, 0.3) is 5.91 Å². The highest BCUT2D eigenvalue weighted by Gasteiger charge is 2.11. The van der Waals surface area contributed by atoms with Crippen LogP contribution in [0.25, 0.3) is 22.4 Å². The van der Waals surface area contributed by atoms with Gasteiger partial charge in [-0.3, -0.25) is 4.79 Å². The number of imidazole rings is 1. The number of amides is 1. The summed E-state index contributed by atoms with van der Waals surface area (Å²) >= 11 is 12.4. The summed E-state index contributed by atoms with van der Waals surface area (Å²) in [5, 5.41) is 3.96. The number of aromatic amines is 1. The Morgan fingerprint density at radius 1 is 1.07 bits per heavy atom. The molecule has 2 N–H and O–H groups in total. The second kappa shape index (κ2) is 8.38. The minimum Gasteiger partial charge on any atom is -0.492 e. The molecular formula is C23H19Cl2N3O2. The lowest BCUT2D eigenvalue weighted by atomic mass is 10.1. The van der Waals surface area contributed by atoms with E-state index in [2.05, 4.69) is 15.3 Å². The highest BCUT2D eigenvalue weighted by Crippen LogP contribution is 2.27. The molecule has 1 heterocycles. The van der Waals surface area contributed by atoms with Gasteiger partial charge < -0.3 is 15.0 Å². The molecule has 0 aliphatic carbocycles. The molecule has 4 aromatic rings. The van der Waals surface area contributed by atoms with Gasteiger partial charge >= 0.3 is 0 Å². The van der Waals surface area contributed by atoms with Gasteiger partial charge in [0.15, 0.2) is 0 Å². The van der Waals surface area contributed by atoms with Crippen molar-refractivity contribution in [2.45, 2.75) is 13.8 Å². The van der Waals surface area contributed by atoms with Crippen LogP contribution >= 0.6 is 23.2 Å². The third kappa shape index (κ3) is 4.13. The van der Waals surface area contributed by atoms with Crippen molar-refractivity contribution in [3.8, 4) is 17.1 Å². The fourth-order valence-electron chi connectivity index (χ4n) is 3.11. The largest absolute Gasteiger partial charge is 0.492 e. The Kier molecular flexibility index (Phi) is 5.66. The molecule has 1 aromatic heterocycles. The fourth-order valence-corrected chi connectivity index (χ4v) is 3.50. The maximum atomic E-state index is 12.5. The van der Waals surface area contributed by atoms with Crippen molar-refractivity contribution in [3.63, 3.8) is 0 Å². The highest BCUT2D eigenvalue weighted by atomic mass is 35.5. The number of rotatable bonds is 5. The van der Waals surface area contributed by atoms with E-state index in [4.69, 9.17) is 27.9 Å². The van der Waals surface area contributed by atoms with E-state index in [1.807, 2.05) is 50.2 Å². The van der Waals surface area contributed by atoms with Crippen LogP contribution in [0.4, 0.5) is 5.69 Å². The summed E-state index contributed by atoms with van der Waals surface area (Å²) in [4.78, 5) is 20.4. The molecule has 0 saturated carbocycles. The molecule has 0 unspecified atom stereocenters. The lowest BCUT2D eigenvalue weighted by molar-refractivity contribution is 0.102. The monoisotopic (exact) mass is 439 g/mol. The summed E-state index contributed by atoms with van der Waals surface area (Å²) in [6.45, 7) is 4.34. The van der Waals surface area contributed by atoms with E-state index in [0.717, 1.165) is 28.0 Å². The van der Waals surface area contributed by atoms with Crippen molar-refractivity contribution in [2.75, 3.05) is 11.9 Å². The maximum Gasteiger partial charge on any atom is 0.255 e. The predicted molar refractivity (Wildman–Crippen MR) is 122 cm³/mol. The molecule has 3 aromatic carbocycles. The smallest absolute Gasteiger partial charge is 0.255 e. The van der Waals surface area contributed by atoms with E-state index in [-0.39, 0.29) is 5.91 Å². The molecule has 0 atom stereocenters. The third-order valence-electron chi connectivity index (χ3n) is 4.67. The second-order valence-corrected chi connectivity index (χ2v) is 7.63. The normalized spacial score (nSPS) is 10.9. The molecule has 7 heteroatoms. The number of carbonyl (C=O) groups excluding carboxylic acids is 1. The van der Waals surface area contributed by atoms with Crippen molar-refractivity contribution in [3.05, 3.63) is 75.8 Å². The summed E-state index contributed by atoms with van der Waals surface area (Å²) in [6, 6.07) is 16.2. The van der Waals surface area contributed by atoms with Gasteiger partial charge in [-0.1, -0.05) is 23.2 Å². The Hall–Kier alpha value is -3.02. The number of hydrogen-bond acceptors (Lipinski definition) is 3. The van der Waals surface area contributed by atoms with Crippen LogP contribution in [0.15, 0.2) is 54.6 Å². The quantitative estimate of drug-likeness (QED) is 0.373. The van der Waals surface area contributed by atoms with Crippen molar-refractivity contribution in [1.29, 1.82) is 0 Å². The average molecular weight is 440 g/mol. The molecular weight excluding hydrogens is 421 g/mol.